The van der Waals surface area contributed by atoms with E-state index in [4.69, 9.17) is 0 Å². The van der Waals surface area contributed by atoms with Crippen LogP contribution in [0.5, 0.6) is 0 Å². The SMILES string of the molecule is CC(C(=O)N(C)C1CCCCC1)N(C)CC(=O)Nc1cccc(F)c1. The van der Waals surface area contributed by atoms with E-state index < -0.39 is 5.82 Å². The average Bonchev–Trinajstić information content (AvgIpc) is 2.60. The highest BCUT2D eigenvalue weighted by atomic mass is 19.1. The lowest BCUT2D eigenvalue weighted by Gasteiger charge is -2.35. The minimum atomic E-state index is -0.399. The molecule has 1 unspecified atom stereocenters. The Morgan fingerprint density at radius 3 is 2.56 bits per heavy atom. The second-order valence-electron chi connectivity index (χ2n) is 6.89. The minimum Gasteiger partial charge on any atom is -0.341 e. The smallest absolute Gasteiger partial charge is 0.239 e. The van der Waals surface area contributed by atoms with Crippen molar-refractivity contribution in [1.82, 2.24) is 9.80 Å². The van der Waals surface area contributed by atoms with Gasteiger partial charge < -0.3 is 10.2 Å². The highest BCUT2D eigenvalue weighted by Gasteiger charge is 2.28. The van der Waals surface area contributed by atoms with Gasteiger partial charge in [0.25, 0.3) is 0 Å². The molecule has 1 saturated carbocycles. The van der Waals surface area contributed by atoms with Crippen LogP contribution in [0.3, 0.4) is 0 Å². The van der Waals surface area contributed by atoms with E-state index in [1.807, 2.05) is 18.9 Å². The summed E-state index contributed by atoms with van der Waals surface area (Å²) in [6, 6.07) is 5.68. The summed E-state index contributed by atoms with van der Waals surface area (Å²) in [5.74, 6) is -0.634. The molecule has 25 heavy (non-hydrogen) atoms. The van der Waals surface area contributed by atoms with E-state index in [1.54, 1.807) is 24.1 Å². The van der Waals surface area contributed by atoms with E-state index in [0.717, 1.165) is 12.8 Å². The van der Waals surface area contributed by atoms with Crippen LogP contribution >= 0.6 is 0 Å². The van der Waals surface area contributed by atoms with Crippen molar-refractivity contribution in [3.63, 3.8) is 0 Å². The van der Waals surface area contributed by atoms with Crippen molar-refractivity contribution in [1.29, 1.82) is 0 Å². The molecule has 1 aliphatic carbocycles. The molecule has 0 aliphatic heterocycles. The van der Waals surface area contributed by atoms with Crippen LogP contribution in [0.1, 0.15) is 39.0 Å². The Balaban J connectivity index is 1.86. The molecule has 0 bridgehead atoms. The highest BCUT2D eigenvalue weighted by molar-refractivity contribution is 5.92. The molecule has 1 aromatic rings. The van der Waals surface area contributed by atoms with Crippen molar-refractivity contribution in [3.8, 4) is 0 Å². The van der Waals surface area contributed by atoms with Gasteiger partial charge in [0.1, 0.15) is 5.82 Å². The van der Waals surface area contributed by atoms with Gasteiger partial charge in [0, 0.05) is 18.8 Å². The molecule has 5 nitrogen and oxygen atoms in total. The Bertz CT molecular complexity index is 602. The third-order valence-electron chi connectivity index (χ3n) is 4.99. The molecule has 0 aromatic heterocycles. The van der Waals surface area contributed by atoms with Crippen molar-refractivity contribution in [2.75, 3.05) is 26.0 Å². The van der Waals surface area contributed by atoms with Gasteiger partial charge in [-0.2, -0.15) is 0 Å². The number of benzene rings is 1. The maximum atomic E-state index is 13.2. The maximum Gasteiger partial charge on any atom is 0.239 e. The Morgan fingerprint density at radius 2 is 1.92 bits per heavy atom. The summed E-state index contributed by atoms with van der Waals surface area (Å²) in [6.07, 6.45) is 5.69. The number of carbonyl (C=O) groups excluding carboxylic acids is 2. The fourth-order valence-electron chi connectivity index (χ4n) is 3.26. The minimum absolute atomic E-state index is 0.0351. The monoisotopic (exact) mass is 349 g/mol. The number of rotatable bonds is 6. The fraction of sp³-hybridized carbons (Fsp3) is 0.579. The molecule has 2 amide bonds. The van der Waals surface area contributed by atoms with E-state index in [0.29, 0.717) is 11.7 Å². The molecule has 0 saturated heterocycles. The molecule has 1 atom stereocenters. The maximum absolute atomic E-state index is 13.2. The zero-order chi connectivity index (χ0) is 18.4. The lowest BCUT2D eigenvalue weighted by atomic mass is 9.94. The summed E-state index contributed by atoms with van der Waals surface area (Å²) in [5.41, 5.74) is 0.414. The largest absolute Gasteiger partial charge is 0.341 e. The number of likely N-dealkylation sites (N-methyl/N-ethyl adjacent to an activating group) is 2. The van der Waals surface area contributed by atoms with Gasteiger partial charge in [0.15, 0.2) is 0 Å². The molecule has 1 fully saturated rings. The van der Waals surface area contributed by atoms with Gasteiger partial charge in [0.05, 0.1) is 12.6 Å². The number of halogens is 1. The molecule has 6 heteroatoms. The molecule has 1 N–H and O–H groups in total. The predicted molar refractivity (Wildman–Crippen MR) is 96.8 cm³/mol. The van der Waals surface area contributed by atoms with E-state index in [9.17, 15) is 14.0 Å². The van der Waals surface area contributed by atoms with Gasteiger partial charge >= 0.3 is 0 Å². The summed E-state index contributed by atoms with van der Waals surface area (Å²) in [5, 5.41) is 2.65. The molecule has 1 aliphatic rings. The zero-order valence-corrected chi connectivity index (χ0v) is 15.3. The molecule has 2 rings (SSSR count). The second kappa shape index (κ2) is 8.94. The van der Waals surface area contributed by atoms with Crippen LogP contribution < -0.4 is 5.32 Å². The van der Waals surface area contributed by atoms with Gasteiger partial charge in [-0.15, -0.1) is 0 Å². The molecular formula is C19H28FN3O2. The molecular weight excluding hydrogens is 321 g/mol. The number of nitrogens with one attached hydrogen (secondary N) is 1. The molecule has 0 radical (unpaired) electrons. The number of amides is 2. The first-order valence-corrected chi connectivity index (χ1v) is 8.91. The topological polar surface area (TPSA) is 52.7 Å². The number of nitrogens with zero attached hydrogens (tertiary/aromatic N) is 2. The molecule has 0 spiro atoms. The number of hydrogen-bond acceptors (Lipinski definition) is 3. The standard InChI is InChI=1S/C19H28FN3O2/c1-14(19(25)23(3)17-10-5-4-6-11-17)22(2)13-18(24)21-16-9-7-8-15(20)12-16/h7-9,12,14,17H,4-6,10-11,13H2,1-3H3,(H,21,24). The third kappa shape index (κ3) is 5.53. The van der Waals surface area contributed by atoms with Gasteiger partial charge in [-0.25, -0.2) is 4.39 Å². The number of anilines is 1. The molecule has 1 aromatic carbocycles. The third-order valence-corrected chi connectivity index (χ3v) is 4.99. The van der Waals surface area contributed by atoms with Crippen molar-refractivity contribution in [3.05, 3.63) is 30.1 Å². The van der Waals surface area contributed by atoms with Crippen LogP contribution in [-0.2, 0) is 9.59 Å². The summed E-state index contributed by atoms with van der Waals surface area (Å²) in [4.78, 5) is 28.4. The van der Waals surface area contributed by atoms with Crippen LogP contribution in [0, 0.1) is 5.82 Å². The van der Waals surface area contributed by atoms with Crippen LogP contribution in [0.15, 0.2) is 24.3 Å². The fourth-order valence-corrected chi connectivity index (χ4v) is 3.26. The normalized spacial score (nSPS) is 16.5. The molecule has 0 heterocycles. The van der Waals surface area contributed by atoms with Gasteiger partial charge in [0.2, 0.25) is 11.8 Å². The van der Waals surface area contributed by atoms with Crippen LogP contribution in [0.4, 0.5) is 10.1 Å². The van der Waals surface area contributed by atoms with Gasteiger partial charge in [-0.05, 0) is 45.0 Å². The van der Waals surface area contributed by atoms with Crippen LogP contribution in [0.2, 0.25) is 0 Å². The van der Waals surface area contributed by atoms with Crippen molar-refractivity contribution in [2.45, 2.75) is 51.1 Å². The van der Waals surface area contributed by atoms with Gasteiger partial charge in [-0.3, -0.25) is 14.5 Å². The second-order valence-corrected chi connectivity index (χ2v) is 6.89. The Kier molecular flexibility index (Phi) is 6.93. The van der Waals surface area contributed by atoms with Crippen LogP contribution in [-0.4, -0.2) is 54.3 Å². The molecule has 138 valence electrons. The Morgan fingerprint density at radius 1 is 1.24 bits per heavy atom. The number of carbonyl (C=O) groups is 2. The first kappa shape index (κ1) is 19.4. The first-order valence-electron chi connectivity index (χ1n) is 8.91. The van der Waals surface area contributed by atoms with Crippen molar-refractivity contribution < 1.29 is 14.0 Å². The number of hydrogen-bond donors (Lipinski definition) is 1. The lowest BCUT2D eigenvalue weighted by Crippen LogP contribution is -2.49. The van der Waals surface area contributed by atoms with E-state index in [1.165, 1.54) is 31.4 Å². The zero-order valence-electron chi connectivity index (χ0n) is 15.3. The summed E-state index contributed by atoms with van der Waals surface area (Å²) < 4.78 is 13.2. The Labute approximate surface area is 149 Å². The van der Waals surface area contributed by atoms with E-state index in [2.05, 4.69) is 5.32 Å². The predicted octanol–water partition coefficient (Wildman–Crippen LogP) is 2.88. The highest BCUT2D eigenvalue weighted by Crippen LogP contribution is 2.22. The van der Waals surface area contributed by atoms with Crippen molar-refractivity contribution >= 4 is 17.5 Å². The average molecular weight is 349 g/mol. The first-order chi connectivity index (χ1) is 11.9. The quantitative estimate of drug-likeness (QED) is 0.859. The van der Waals surface area contributed by atoms with Crippen LogP contribution in [0.25, 0.3) is 0 Å². The Hall–Kier alpha value is -1.95. The summed E-state index contributed by atoms with van der Waals surface area (Å²) >= 11 is 0. The van der Waals surface area contributed by atoms with Crippen molar-refractivity contribution in [2.24, 2.45) is 0 Å². The summed E-state index contributed by atoms with van der Waals surface area (Å²) in [7, 11) is 3.61. The van der Waals surface area contributed by atoms with Gasteiger partial charge in [-0.1, -0.05) is 25.3 Å². The summed E-state index contributed by atoms with van der Waals surface area (Å²) in [6.45, 7) is 1.89. The van der Waals surface area contributed by atoms with E-state index in [-0.39, 0.29) is 24.4 Å². The van der Waals surface area contributed by atoms with E-state index >= 15 is 0 Å². The lowest BCUT2D eigenvalue weighted by molar-refractivity contribution is -0.137.